The Morgan fingerprint density at radius 2 is 1.75 bits per heavy atom. The summed E-state index contributed by atoms with van der Waals surface area (Å²) in [7, 11) is -2.88. The minimum absolute atomic E-state index is 0.160. The number of methoxy groups -OCH3 is 1. The first kappa shape index (κ1) is 18.6. The van der Waals surface area contributed by atoms with Crippen LogP contribution in [-0.4, -0.2) is 15.5 Å². The number of rotatable bonds is 5. The maximum atomic E-state index is 13.0. The molecule has 24 heavy (non-hydrogen) atoms. The lowest BCUT2D eigenvalue weighted by Crippen LogP contribution is -2.26. The zero-order chi connectivity index (χ0) is 18.0. The second-order valence-electron chi connectivity index (χ2n) is 4.81. The van der Waals surface area contributed by atoms with Gasteiger partial charge in [-0.3, -0.25) is 0 Å². The molecule has 0 aromatic heterocycles. The molecule has 0 radical (unpaired) electrons. The SMILES string of the molecule is COc1ccc(CNS(=O)(=O)c2ccc(Cl)cc2C(F)(F)F)cc1. The molecule has 0 unspecified atom stereocenters. The van der Waals surface area contributed by atoms with Gasteiger partial charge in [0.05, 0.1) is 17.6 Å². The van der Waals surface area contributed by atoms with Gasteiger partial charge in [0, 0.05) is 11.6 Å². The lowest BCUT2D eigenvalue weighted by Gasteiger charge is -2.14. The summed E-state index contributed by atoms with van der Waals surface area (Å²) in [5.41, 5.74) is -0.737. The van der Waals surface area contributed by atoms with Crippen molar-refractivity contribution in [3.8, 4) is 5.75 Å². The normalized spacial score (nSPS) is 12.2. The summed E-state index contributed by atoms with van der Waals surface area (Å²) in [6, 6.07) is 8.96. The zero-order valence-corrected chi connectivity index (χ0v) is 14.0. The highest BCUT2D eigenvalue weighted by atomic mass is 35.5. The van der Waals surface area contributed by atoms with Gasteiger partial charge in [-0.1, -0.05) is 23.7 Å². The number of nitrogens with one attached hydrogen (secondary N) is 1. The Morgan fingerprint density at radius 3 is 2.29 bits per heavy atom. The van der Waals surface area contributed by atoms with Crippen LogP contribution < -0.4 is 9.46 Å². The van der Waals surface area contributed by atoms with Gasteiger partial charge in [0.2, 0.25) is 10.0 Å². The van der Waals surface area contributed by atoms with Crippen molar-refractivity contribution in [2.24, 2.45) is 0 Å². The lowest BCUT2D eigenvalue weighted by atomic mass is 10.2. The fourth-order valence-corrected chi connectivity index (χ4v) is 3.35. The number of hydrogen-bond donors (Lipinski definition) is 1. The van der Waals surface area contributed by atoms with Crippen molar-refractivity contribution in [1.82, 2.24) is 4.72 Å². The van der Waals surface area contributed by atoms with Crippen LogP contribution in [0.4, 0.5) is 13.2 Å². The van der Waals surface area contributed by atoms with Crippen molar-refractivity contribution in [3.63, 3.8) is 0 Å². The van der Waals surface area contributed by atoms with E-state index in [1.807, 2.05) is 0 Å². The molecule has 0 spiro atoms. The predicted octanol–water partition coefficient (Wildman–Crippen LogP) is 3.85. The van der Waals surface area contributed by atoms with Crippen molar-refractivity contribution in [3.05, 3.63) is 58.6 Å². The summed E-state index contributed by atoms with van der Waals surface area (Å²) < 4.78 is 70.7. The Labute approximate surface area is 142 Å². The molecule has 0 atom stereocenters. The van der Waals surface area contributed by atoms with E-state index in [0.717, 1.165) is 12.1 Å². The van der Waals surface area contributed by atoms with Gasteiger partial charge >= 0.3 is 6.18 Å². The fraction of sp³-hybridized carbons (Fsp3) is 0.200. The molecule has 1 N–H and O–H groups in total. The molecule has 0 saturated heterocycles. The monoisotopic (exact) mass is 379 g/mol. The smallest absolute Gasteiger partial charge is 0.417 e. The van der Waals surface area contributed by atoms with Crippen LogP contribution in [0.25, 0.3) is 0 Å². The highest BCUT2D eigenvalue weighted by molar-refractivity contribution is 7.89. The Morgan fingerprint density at radius 1 is 1.12 bits per heavy atom. The average Bonchev–Trinajstić information content (AvgIpc) is 2.52. The number of hydrogen-bond acceptors (Lipinski definition) is 3. The number of benzene rings is 2. The van der Waals surface area contributed by atoms with Crippen LogP contribution in [-0.2, 0) is 22.7 Å². The largest absolute Gasteiger partial charge is 0.497 e. The van der Waals surface area contributed by atoms with Gasteiger partial charge in [-0.25, -0.2) is 13.1 Å². The van der Waals surface area contributed by atoms with Gasteiger partial charge in [-0.05, 0) is 35.9 Å². The van der Waals surface area contributed by atoms with Crippen molar-refractivity contribution in [2.45, 2.75) is 17.6 Å². The van der Waals surface area contributed by atoms with E-state index in [4.69, 9.17) is 16.3 Å². The molecule has 0 aliphatic carbocycles. The highest BCUT2D eigenvalue weighted by Crippen LogP contribution is 2.35. The number of ether oxygens (including phenoxy) is 1. The summed E-state index contributed by atoms with van der Waals surface area (Å²) in [5.74, 6) is 0.582. The maximum Gasteiger partial charge on any atom is 0.417 e. The van der Waals surface area contributed by atoms with Gasteiger partial charge in [-0.15, -0.1) is 0 Å². The molecule has 0 aliphatic heterocycles. The van der Waals surface area contributed by atoms with Crippen molar-refractivity contribution in [2.75, 3.05) is 7.11 Å². The lowest BCUT2D eigenvalue weighted by molar-refractivity contribution is -0.139. The Hall–Kier alpha value is -1.77. The summed E-state index contributed by atoms with van der Waals surface area (Å²) in [4.78, 5) is -0.868. The predicted molar refractivity (Wildman–Crippen MR) is 83.5 cm³/mol. The molecule has 0 heterocycles. The van der Waals surface area contributed by atoms with E-state index in [-0.39, 0.29) is 11.6 Å². The first-order chi connectivity index (χ1) is 11.1. The molecule has 2 aromatic carbocycles. The van der Waals surface area contributed by atoms with E-state index in [1.54, 1.807) is 24.3 Å². The van der Waals surface area contributed by atoms with Crippen LogP contribution in [0.15, 0.2) is 47.4 Å². The van der Waals surface area contributed by atoms with E-state index in [9.17, 15) is 21.6 Å². The molecule has 0 bridgehead atoms. The quantitative estimate of drug-likeness (QED) is 0.858. The second-order valence-corrected chi connectivity index (χ2v) is 6.98. The number of sulfonamides is 1. The number of alkyl halides is 3. The Balaban J connectivity index is 2.27. The van der Waals surface area contributed by atoms with E-state index >= 15 is 0 Å². The van der Waals surface area contributed by atoms with Crippen molar-refractivity contribution >= 4 is 21.6 Å². The van der Waals surface area contributed by atoms with E-state index in [2.05, 4.69) is 4.72 Å². The molecule has 4 nitrogen and oxygen atoms in total. The molecular weight excluding hydrogens is 367 g/mol. The summed E-state index contributed by atoms with van der Waals surface area (Å²) in [6.07, 6.45) is -4.84. The van der Waals surface area contributed by atoms with Gasteiger partial charge in [0.25, 0.3) is 0 Å². The van der Waals surface area contributed by atoms with Crippen LogP contribution in [0.5, 0.6) is 5.75 Å². The van der Waals surface area contributed by atoms with Gasteiger partial charge < -0.3 is 4.74 Å². The minimum atomic E-state index is -4.84. The number of halogens is 4. The van der Waals surface area contributed by atoms with Crippen LogP contribution in [0.3, 0.4) is 0 Å². The third-order valence-corrected chi connectivity index (χ3v) is 4.86. The minimum Gasteiger partial charge on any atom is -0.497 e. The molecule has 130 valence electrons. The van der Waals surface area contributed by atoms with Crippen LogP contribution >= 0.6 is 11.6 Å². The Kier molecular flexibility index (Phi) is 5.42. The van der Waals surface area contributed by atoms with E-state index in [1.165, 1.54) is 7.11 Å². The van der Waals surface area contributed by atoms with Crippen LogP contribution in [0.1, 0.15) is 11.1 Å². The van der Waals surface area contributed by atoms with Gasteiger partial charge in [-0.2, -0.15) is 13.2 Å². The highest BCUT2D eigenvalue weighted by Gasteiger charge is 2.37. The first-order valence-electron chi connectivity index (χ1n) is 6.63. The molecule has 9 heteroatoms. The third-order valence-electron chi connectivity index (χ3n) is 3.16. The molecule has 2 aromatic rings. The van der Waals surface area contributed by atoms with E-state index < -0.39 is 26.7 Å². The van der Waals surface area contributed by atoms with Gasteiger partial charge in [0.15, 0.2) is 0 Å². The Bertz CT molecular complexity index is 821. The third kappa shape index (κ3) is 4.40. The molecule has 0 amide bonds. The molecule has 0 fully saturated rings. The van der Waals surface area contributed by atoms with Crippen LogP contribution in [0.2, 0.25) is 5.02 Å². The average molecular weight is 380 g/mol. The summed E-state index contributed by atoms with van der Waals surface area (Å²) in [5, 5.41) is -0.198. The first-order valence-corrected chi connectivity index (χ1v) is 8.49. The zero-order valence-electron chi connectivity index (χ0n) is 12.4. The summed E-state index contributed by atoms with van der Waals surface area (Å²) in [6.45, 7) is -0.160. The molecule has 2 rings (SSSR count). The standard InChI is InChI=1S/C15H13ClF3NO3S/c1-23-12-5-2-10(3-6-12)9-20-24(21,22)14-7-4-11(16)8-13(14)15(17,18)19/h2-8,20H,9H2,1H3. The van der Waals surface area contributed by atoms with Crippen molar-refractivity contribution in [1.29, 1.82) is 0 Å². The molecule has 0 saturated carbocycles. The topological polar surface area (TPSA) is 55.4 Å². The summed E-state index contributed by atoms with van der Waals surface area (Å²) >= 11 is 5.55. The van der Waals surface area contributed by atoms with Crippen LogP contribution in [0, 0.1) is 0 Å². The second kappa shape index (κ2) is 7.00. The van der Waals surface area contributed by atoms with Crippen molar-refractivity contribution < 1.29 is 26.3 Å². The molecular formula is C15H13ClF3NO3S. The molecule has 0 aliphatic rings. The van der Waals surface area contributed by atoms with Gasteiger partial charge in [0.1, 0.15) is 5.75 Å². The fourth-order valence-electron chi connectivity index (χ4n) is 1.96. The van der Waals surface area contributed by atoms with E-state index in [0.29, 0.717) is 17.4 Å². The maximum absolute atomic E-state index is 13.0.